The summed E-state index contributed by atoms with van der Waals surface area (Å²) in [5.74, 6) is -0.00792. The maximum atomic E-state index is 14.3. The number of halogens is 1. The Balaban J connectivity index is 1.56. The summed E-state index contributed by atoms with van der Waals surface area (Å²) in [6, 6.07) is 18.1. The predicted octanol–water partition coefficient (Wildman–Crippen LogP) is 4.08. The van der Waals surface area contributed by atoms with Gasteiger partial charge in [-0.1, -0.05) is 24.3 Å². The summed E-state index contributed by atoms with van der Waals surface area (Å²) < 4.78 is 23.2. The van der Waals surface area contributed by atoms with Crippen LogP contribution in [0.5, 0.6) is 0 Å². The largest absolute Gasteiger partial charge is 0.383 e. The molecule has 0 bridgehead atoms. The van der Waals surface area contributed by atoms with E-state index in [4.69, 9.17) is 9.72 Å². The Kier molecular flexibility index (Phi) is 4.89. The maximum absolute atomic E-state index is 14.3. The zero-order chi connectivity index (χ0) is 20.5. The molecule has 7 nitrogen and oxygen atoms in total. The van der Waals surface area contributed by atoms with Crippen LogP contribution >= 0.6 is 11.8 Å². The van der Waals surface area contributed by atoms with E-state index in [-0.39, 0.29) is 5.82 Å². The van der Waals surface area contributed by atoms with E-state index in [1.807, 2.05) is 36.4 Å². The minimum absolute atomic E-state index is 0.354. The average Bonchev–Trinajstić information content (AvgIpc) is 3.33. The lowest BCUT2D eigenvalue weighted by Crippen LogP contribution is -2.05. The third kappa shape index (κ3) is 3.31. The van der Waals surface area contributed by atoms with Crippen LogP contribution in [0.2, 0.25) is 0 Å². The SMILES string of the molecule is COCCn1c(Sc2ccc3nnc(-c4ccccc4F)n3n2)nc2ccccc21. The zero-order valence-corrected chi connectivity index (χ0v) is 16.9. The van der Waals surface area contributed by atoms with Crippen molar-refractivity contribution in [2.24, 2.45) is 0 Å². The van der Waals surface area contributed by atoms with Crippen LogP contribution in [0.25, 0.3) is 28.1 Å². The van der Waals surface area contributed by atoms with Crippen molar-refractivity contribution < 1.29 is 9.13 Å². The second-order valence-corrected chi connectivity index (χ2v) is 7.56. The van der Waals surface area contributed by atoms with Gasteiger partial charge in [0.05, 0.1) is 23.2 Å². The highest BCUT2D eigenvalue weighted by molar-refractivity contribution is 7.99. The maximum Gasteiger partial charge on any atom is 0.188 e. The fourth-order valence-corrected chi connectivity index (χ4v) is 4.15. The molecule has 9 heteroatoms. The van der Waals surface area contributed by atoms with E-state index in [1.54, 1.807) is 29.8 Å². The topological polar surface area (TPSA) is 70.1 Å². The third-order valence-corrected chi connectivity index (χ3v) is 5.61. The molecule has 0 unspecified atom stereocenters. The number of ether oxygens (including phenoxy) is 1. The van der Waals surface area contributed by atoms with Gasteiger partial charge in [-0.2, -0.15) is 9.61 Å². The lowest BCUT2D eigenvalue weighted by molar-refractivity contribution is 0.186. The molecule has 5 rings (SSSR count). The standard InChI is InChI=1S/C21H17FN6OS/c1-29-13-12-27-17-9-5-4-8-16(17)23-21(27)30-19-11-10-18-24-25-20(28(18)26-19)14-6-2-3-7-15(14)22/h2-11H,12-13H2,1H3. The quantitative estimate of drug-likeness (QED) is 0.412. The van der Waals surface area contributed by atoms with Gasteiger partial charge in [0.15, 0.2) is 16.6 Å². The van der Waals surface area contributed by atoms with Crippen LogP contribution in [0.1, 0.15) is 0 Å². The van der Waals surface area contributed by atoms with E-state index in [1.165, 1.54) is 17.8 Å². The number of imidazole rings is 1. The molecule has 3 heterocycles. The van der Waals surface area contributed by atoms with E-state index in [0.717, 1.165) is 16.2 Å². The summed E-state index contributed by atoms with van der Waals surface area (Å²) in [5, 5.41) is 14.4. The average molecular weight is 420 g/mol. The minimum atomic E-state index is -0.368. The summed E-state index contributed by atoms with van der Waals surface area (Å²) in [5.41, 5.74) is 2.85. The number of fused-ring (bicyclic) bond motifs is 2. The Morgan fingerprint density at radius 2 is 1.83 bits per heavy atom. The highest BCUT2D eigenvalue weighted by Gasteiger charge is 2.16. The molecule has 150 valence electrons. The van der Waals surface area contributed by atoms with Gasteiger partial charge in [0.25, 0.3) is 0 Å². The van der Waals surface area contributed by atoms with Gasteiger partial charge in [-0.05, 0) is 48.2 Å². The van der Waals surface area contributed by atoms with Crippen LogP contribution in [0, 0.1) is 5.82 Å². The molecule has 0 fully saturated rings. The molecule has 0 radical (unpaired) electrons. The van der Waals surface area contributed by atoms with Crippen LogP contribution in [-0.2, 0) is 11.3 Å². The second kappa shape index (κ2) is 7.85. The first kappa shape index (κ1) is 18.7. The third-order valence-electron chi connectivity index (χ3n) is 4.69. The fourth-order valence-electron chi connectivity index (χ4n) is 3.26. The summed E-state index contributed by atoms with van der Waals surface area (Å²) in [4.78, 5) is 4.75. The van der Waals surface area contributed by atoms with Crippen molar-refractivity contribution in [2.75, 3.05) is 13.7 Å². The molecular weight excluding hydrogens is 403 g/mol. The first-order chi connectivity index (χ1) is 14.7. The predicted molar refractivity (Wildman–Crippen MR) is 112 cm³/mol. The Hall–Kier alpha value is -3.30. The van der Waals surface area contributed by atoms with Crippen LogP contribution in [0.4, 0.5) is 4.39 Å². The Morgan fingerprint density at radius 3 is 2.70 bits per heavy atom. The molecule has 30 heavy (non-hydrogen) atoms. The molecular formula is C21H17FN6OS. The molecule has 0 saturated heterocycles. The Bertz CT molecular complexity index is 1350. The molecule has 0 saturated carbocycles. The lowest BCUT2D eigenvalue weighted by Gasteiger charge is -2.08. The lowest BCUT2D eigenvalue weighted by atomic mass is 10.2. The summed E-state index contributed by atoms with van der Waals surface area (Å²) in [6.45, 7) is 1.25. The summed E-state index contributed by atoms with van der Waals surface area (Å²) in [6.07, 6.45) is 0. The van der Waals surface area contributed by atoms with Gasteiger partial charge in [-0.15, -0.1) is 10.2 Å². The smallest absolute Gasteiger partial charge is 0.188 e. The molecule has 3 aromatic heterocycles. The monoisotopic (exact) mass is 420 g/mol. The fraction of sp³-hybridized carbons (Fsp3) is 0.143. The van der Waals surface area contributed by atoms with Crippen LogP contribution in [-0.4, -0.2) is 43.1 Å². The second-order valence-electron chi connectivity index (χ2n) is 6.57. The first-order valence-corrected chi connectivity index (χ1v) is 10.2. The molecule has 0 atom stereocenters. The van der Waals surface area contributed by atoms with E-state index in [9.17, 15) is 4.39 Å². The molecule has 0 aliphatic heterocycles. The highest BCUT2D eigenvalue weighted by atomic mass is 32.2. The molecule has 0 aliphatic carbocycles. The number of para-hydroxylation sites is 2. The van der Waals surface area contributed by atoms with Gasteiger partial charge < -0.3 is 9.30 Å². The van der Waals surface area contributed by atoms with Gasteiger partial charge in [0, 0.05) is 13.7 Å². The number of hydrogen-bond acceptors (Lipinski definition) is 6. The highest BCUT2D eigenvalue weighted by Crippen LogP contribution is 2.30. The van der Waals surface area contributed by atoms with E-state index >= 15 is 0 Å². The van der Waals surface area contributed by atoms with Gasteiger partial charge in [-0.3, -0.25) is 0 Å². The number of methoxy groups -OCH3 is 1. The molecule has 0 N–H and O–H groups in total. The summed E-state index contributed by atoms with van der Waals surface area (Å²) in [7, 11) is 1.68. The van der Waals surface area contributed by atoms with Crippen molar-refractivity contribution in [2.45, 2.75) is 16.7 Å². The molecule has 0 aliphatic rings. The van der Waals surface area contributed by atoms with Gasteiger partial charge in [-0.25, -0.2) is 9.37 Å². The van der Waals surface area contributed by atoms with Gasteiger partial charge >= 0.3 is 0 Å². The van der Waals surface area contributed by atoms with E-state index < -0.39 is 0 Å². The number of benzene rings is 2. The number of rotatable bonds is 6. The molecule has 5 aromatic rings. The van der Waals surface area contributed by atoms with Crippen LogP contribution in [0.3, 0.4) is 0 Å². The van der Waals surface area contributed by atoms with Crippen molar-refractivity contribution in [3.63, 3.8) is 0 Å². The number of hydrogen-bond donors (Lipinski definition) is 0. The molecule has 0 spiro atoms. The van der Waals surface area contributed by atoms with E-state index in [0.29, 0.717) is 35.2 Å². The van der Waals surface area contributed by atoms with Crippen molar-refractivity contribution in [1.82, 2.24) is 29.4 Å². The van der Waals surface area contributed by atoms with Crippen molar-refractivity contribution in [3.05, 3.63) is 66.5 Å². The summed E-state index contributed by atoms with van der Waals surface area (Å²) >= 11 is 1.43. The Labute approximate surface area is 175 Å². The van der Waals surface area contributed by atoms with Crippen LogP contribution < -0.4 is 0 Å². The minimum Gasteiger partial charge on any atom is -0.383 e. The Morgan fingerprint density at radius 1 is 1.00 bits per heavy atom. The number of nitrogens with zero attached hydrogens (tertiary/aromatic N) is 6. The van der Waals surface area contributed by atoms with Crippen molar-refractivity contribution in [3.8, 4) is 11.4 Å². The van der Waals surface area contributed by atoms with Gasteiger partial charge in [0.1, 0.15) is 10.8 Å². The molecule has 0 amide bonds. The van der Waals surface area contributed by atoms with Crippen LogP contribution in [0.15, 0.2) is 70.8 Å². The normalized spacial score (nSPS) is 11.5. The molecule has 2 aromatic carbocycles. The van der Waals surface area contributed by atoms with Gasteiger partial charge in [0.2, 0.25) is 0 Å². The zero-order valence-electron chi connectivity index (χ0n) is 16.1. The first-order valence-electron chi connectivity index (χ1n) is 9.34. The number of aromatic nitrogens is 6. The van der Waals surface area contributed by atoms with Crippen molar-refractivity contribution >= 4 is 28.4 Å². The van der Waals surface area contributed by atoms with E-state index in [2.05, 4.69) is 19.9 Å². The van der Waals surface area contributed by atoms with Crippen molar-refractivity contribution in [1.29, 1.82) is 0 Å².